The molecular weight excluding hydrogens is 693 g/mol. The number of pyridine rings is 1. The van der Waals surface area contributed by atoms with Crippen LogP contribution in [0.4, 0.5) is 0 Å². The first-order valence-corrected chi connectivity index (χ1v) is 19.1. The summed E-state index contributed by atoms with van der Waals surface area (Å²) in [5.41, 5.74) is 19.1. The van der Waals surface area contributed by atoms with Crippen molar-refractivity contribution in [3.63, 3.8) is 0 Å². The number of hydrogen-bond acceptors (Lipinski definition) is 4. The average Bonchev–Trinajstić information content (AvgIpc) is 3.54. The number of fused-ring (bicyclic) bond motifs is 12. The Morgan fingerprint density at radius 2 is 0.877 bits per heavy atom. The molecule has 264 valence electrons. The van der Waals surface area contributed by atoms with Crippen LogP contribution in [-0.2, 0) is 5.41 Å². The van der Waals surface area contributed by atoms with Crippen LogP contribution >= 0.6 is 0 Å². The Morgan fingerprint density at radius 3 is 1.47 bits per heavy atom. The van der Waals surface area contributed by atoms with Gasteiger partial charge in [0, 0.05) is 29.1 Å². The van der Waals surface area contributed by atoms with Crippen molar-refractivity contribution in [3.8, 4) is 84.5 Å². The van der Waals surface area contributed by atoms with Crippen LogP contribution in [0.3, 0.4) is 0 Å². The van der Waals surface area contributed by atoms with E-state index in [1.165, 1.54) is 55.6 Å². The molecule has 0 atom stereocenters. The van der Waals surface area contributed by atoms with Gasteiger partial charge in [0.05, 0.1) is 28.4 Å². The molecule has 7 aromatic carbocycles. The van der Waals surface area contributed by atoms with Crippen molar-refractivity contribution in [2.45, 2.75) is 5.41 Å². The summed E-state index contributed by atoms with van der Waals surface area (Å²) in [6.45, 7) is 0. The fourth-order valence-corrected chi connectivity index (χ4v) is 9.14. The van der Waals surface area contributed by atoms with Crippen molar-refractivity contribution in [2.24, 2.45) is 0 Å². The second-order valence-corrected chi connectivity index (χ2v) is 14.7. The molecule has 0 bridgehead atoms. The Morgan fingerprint density at radius 1 is 0.386 bits per heavy atom. The van der Waals surface area contributed by atoms with E-state index in [-0.39, 0.29) is 0 Å². The van der Waals surface area contributed by atoms with Crippen LogP contribution in [0.15, 0.2) is 194 Å². The fraction of sp³-hybridized carbons (Fsp3) is 0.0189. The molecule has 2 aromatic heterocycles. The first kappa shape index (κ1) is 32.7. The monoisotopic (exact) mass is 724 g/mol. The maximum Gasteiger partial charge on any atom is 0.160 e. The van der Waals surface area contributed by atoms with Gasteiger partial charge in [-0.05, 0) is 97.1 Å². The van der Waals surface area contributed by atoms with Gasteiger partial charge in [-0.3, -0.25) is 4.98 Å². The highest BCUT2D eigenvalue weighted by Crippen LogP contribution is 2.61. The van der Waals surface area contributed by atoms with Crippen LogP contribution in [0, 0.1) is 11.3 Å². The molecule has 9 aromatic rings. The highest BCUT2D eigenvalue weighted by Gasteiger charge is 2.49. The number of benzene rings is 7. The summed E-state index contributed by atoms with van der Waals surface area (Å²) in [6, 6.07) is 66.8. The lowest BCUT2D eigenvalue weighted by atomic mass is 9.66. The first-order chi connectivity index (χ1) is 28.2. The van der Waals surface area contributed by atoms with Crippen molar-refractivity contribution in [3.05, 3.63) is 222 Å². The highest BCUT2D eigenvalue weighted by molar-refractivity contribution is 5.98. The van der Waals surface area contributed by atoms with E-state index in [4.69, 9.17) is 9.97 Å². The van der Waals surface area contributed by atoms with E-state index in [9.17, 15) is 5.26 Å². The van der Waals surface area contributed by atoms with Crippen LogP contribution in [0.5, 0.6) is 0 Å². The summed E-state index contributed by atoms with van der Waals surface area (Å²) in [5.74, 6) is 0.627. The van der Waals surface area contributed by atoms with Crippen molar-refractivity contribution in [2.75, 3.05) is 0 Å². The summed E-state index contributed by atoms with van der Waals surface area (Å²) in [4.78, 5) is 14.7. The molecule has 0 amide bonds. The summed E-state index contributed by atoms with van der Waals surface area (Å²) in [7, 11) is 0. The molecule has 2 aliphatic carbocycles. The summed E-state index contributed by atoms with van der Waals surface area (Å²) >= 11 is 0. The quantitative estimate of drug-likeness (QED) is 0.181. The minimum absolute atomic E-state index is 0.544. The molecule has 0 saturated heterocycles. The van der Waals surface area contributed by atoms with Gasteiger partial charge in [0.25, 0.3) is 0 Å². The number of nitriles is 1. The molecule has 0 radical (unpaired) electrons. The highest BCUT2D eigenvalue weighted by atomic mass is 14.9. The molecule has 0 fully saturated rings. The molecule has 0 saturated carbocycles. The Balaban J connectivity index is 1.16. The minimum Gasteiger partial charge on any atom is -0.264 e. The minimum atomic E-state index is -0.544. The third kappa shape index (κ3) is 5.03. The maximum absolute atomic E-state index is 9.54. The van der Waals surface area contributed by atoms with Crippen LogP contribution < -0.4 is 0 Å². The second-order valence-electron chi connectivity index (χ2n) is 14.7. The lowest BCUT2D eigenvalue weighted by Crippen LogP contribution is -2.29. The van der Waals surface area contributed by atoms with Gasteiger partial charge in [0.15, 0.2) is 5.82 Å². The molecule has 4 nitrogen and oxygen atoms in total. The van der Waals surface area contributed by atoms with Crippen molar-refractivity contribution in [1.82, 2.24) is 15.0 Å². The van der Waals surface area contributed by atoms with Gasteiger partial charge in [0.2, 0.25) is 0 Å². The summed E-state index contributed by atoms with van der Waals surface area (Å²) in [6.07, 6.45) is 3.66. The molecule has 4 heteroatoms. The van der Waals surface area contributed by atoms with Crippen LogP contribution in [0.1, 0.15) is 27.8 Å². The zero-order chi connectivity index (χ0) is 37.9. The first-order valence-electron chi connectivity index (χ1n) is 19.1. The zero-order valence-corrected chi connectivity index (χ0v) is 30.8. The number of rotatable bonds is 4. The van der Waals surface area contributed by atoms with E-state index in [1.54, 1.807) is 6.20 Å². The Labute approximate surface area is 331 Å². The van der Waals surface area contributed by atoms with Gasteiger partial charge in [-0.25, -0.2) is 9.97 Å². The van der Waals surface area contributed by atoms with Crippen molar-refractivity contribution in [1.29, 1.82) is 5.26 Å². The third-order valence-electron chi connectivity index (χ3n) is 11.7. The molecule has 57 heavy (non-hydrogen) atoms. The Hall–Kier alpha value is -7.74. The number of hydrogen-bond donors (Lipinski definition) is 0. The van der Waals surface area contributed by atoms with Crippen molar-refractivity contribution < 1.29 is 0 Å². The molecule has 2 heterocycles. The molecule has 0 unspecified atom stereocenters. The predicted octanol–water partition coefficient (Wildman–Crippen LogP) is 12.4. The van der Waals surface area contributed by atoms with E-state index in [0.29, 0.717) is 11.4 Å². The predicted molar refractivity (Wildman–Crippen MR) is 228 cm³/mol. The second kappa shape index (κ2) is 12.9. The maximum atomic E-state index is 9.54. The van der Waals surface area contributed by atoms with Gasteiger partial charge in [-0.2, -0.15) is 5.26 Å². The summed E-state index contributed by atoms with van der Waals surface area (Å²) < 4.78 is 0. The molecule has 1 spiro atoms. The van der Waals surface area contributed by atoms with E-state index in [1.807, 2.05) is 36.5 Å². The molecule has 2 aliphatic rings. The SMILES string of the molecule is N#Cc1ccc(-c2cc(-c3ccc4c(c3)-c3ccccc3-c3ccccc3C43c4ccccc4-c4ccccc43)nc(-c3ccc(-c4cccnc4)cc3)n2)cc1. The third-order valence-corrected chi connectivity index (χ3v) is 11.7. The number of aromatic nitrogens is 3. The van der Waals surface area contributed by atoms with E-state index >= 15 is 0 Å². The lowest BCUT2D eigenvalue weighted by molar-refractivity contribution is 0.775. The fourth-order valence-electron chi connectivity index (χ4n) is 9.14. The van der Waals surface area contributed by atoms with E-state index in [2.05, 4.69) is 163 Å². The standard InChI is InChI=1S/C53H32N4/c54-32-34-19-21-36(22-20-34)50-31-51(57-52(56-50)37-25-23-35(24-26-37)39-10-9-29-55-33-39)38-27-28-49-45(30-38)41-12-2-1-11-40(41)42-13-3-6-16-46(42)53(49)47-17-7-4-14-43(47)44-15-5-8-18-48(44)53/h1-31,33H. The Bertz CT molecular complexity index is 3020. The van der Waals surface area contributed by atoms with Crippen LogP contribution in [0.2, 0.25) is 0 Å². The average molecular weight is 725 g/mol. The van der Waals surface area contributed by atoms with Gasteiger partial charge in [-0.1, -0.05) is 152 Å². The molecule has 0 aliphatic heterocycles. The Kier molecular flexibility index (Phi) is 7.42. The lowest BCUT2D eigenvalue weighted by Gasteiger charge is -2.35. The van der Waals surface area contributed by atoms with Crippen LogP contribution in [0.25, 0.3) is 78.4 Å². The van der Waals surface area contributed by atoms with Crippen LogP contribution in [-0.4, -0.2) is 15.0 Å². The van der Waals surface area contributed by atoms with Gasteiger partial charge >= 0.3 is 0 Å². The number of nitrogens with zero attached hydrogens (tertiary/aromatic N) is 4. The normalized spacial score (nSPS) is 12.7. The van der Waals surface area contributed by atoms with Gasteiger partial charge in [-0.15, -0.1) is 0 Å². The topological polar surface area (TPSA) is 62.5 Å². The van der Waals surface area contributed by atoms with Crippen molar-refractivity contribution >= 4 is 0 Å². The van der Waals surface area contributed by atoms with E-state index < -0.39 is 5.41 Å². The summed E-state index contributed by atoms with van der Waals surface area (Å²) in [5, 5.41) is 9.54. The largest absolute Gasteiger partial charge is 0.264 e. The molecule has 0 N–H and O–H groups in total. The van der Waals surface area contributed by atoms with Gasteiger partial charge in [0.1, 0.15) is 0 Å². The van der Waals surface area contributed by atoms with Gasteiger partial charge < -0.3 is 0 Å². The zero-order valence-electron chi connectivity index (χ0n) is 30.8. The molecular formula is C53H32N4. The smallest absolute Gasteiger partial charge is 0.160 e. The van der Waals surface area contributed by atoms with E-state index in [0.717, 1.165) is 39.2 Å². The molecule has 11 rings (SSSR count).